The van der Waals surface area contributed by atoms with Crippen molar-refractivity contribution in [2.75, 3.05) is 13.1 Å². The monoisotopic (exact) mass is 519 g/mol. The van der Waals surface area contributed by atoms with Gasteiger partial charge in [0, 0.05) is 49.1 Å². The number of fused-ring (bicyclic) bond motifs is 1. The van der Waals surface area contributed by atoms with Crippen LogP contribution in [-0.4, -0.2) is 56.5 Å². The van der Waals surface area contributed by atoms with Crippen molar-refractivity contribution in [1.82, 2.24) is 25.0 Å². The Balaban J connectivity index is 1.57. The van der Waals surface area contributed by atoms with Gasteiger partial charge >= 0.3 is 6.18 Å². The molecule has 1 saturated carbocycles. The van der Waals surface area contributed by atoms with Crippen molar-refractivity contribution in [3.05, 3.63) is 60.4 Å². The van der Waals surface area contributed by atoms with Crippen LogP contribution in [0.15, 0.2) is 49.2 Å². The molecule has 1 aliphatic heterocycles. The lowest BCUT2D eigenvalue weighted by Crippen LogP contribution is -2.50. The maximum atomic E-state index is 13.3. The first-order valence-electron chi connectivity index (χ1n) is 11.6. The van der Waals surface area contributed by atoms with Gasteiger partial charge in [-0.2, -0.15) is 18.3 Å². The number of nitrogens with zero attached hydrogens (tertiary/aromatic N) is 4. The van der Waals surface area contributed by atoms with Gasteiger partial charge in [-0.05, 0) is 30.7 Å². The number of benzene rings is 1. The Kier molecular flexibility index (Phi) is 5.99. The molecular weight excluding hydrogens is 497 g/mol. The number of alkyl halides is 5. The normalized spacial score (nSPS) is 19.6. The molecule has 1 aliphatic carbocycles. The molecule has 1 saturated heterocycles. The fourth-order valence-corrected chi connectivity index (χ4v) is 4.85. The number of nitrogens with one attached hydrogen (secondary N) is 1. The summed E-state index contributed by atoms with van der Waals surface area (Å²) in [6, 6.07) is 5.94. The molecule has 3 aromatic rings. The van der Waals surface area contributed by atoms with Gasteiger partial charge in [0.2, 0.25) is 5.91 Å². The molecule has 1 aromatic carbocycles. The Hall–Kier alpha value is -3.83. The van der Waals surface area contributed by atoms with Crippen LogP contribution in [0.4, 0.5) is 22.0 Å². The van der Waals surface area contributed by atoms with Gasteiger partial charge in [-0.15, -0.1) is 0 Å². The van der Waals surface area contributed by atoms with Crippen molar-refractivity contribution in [3.8, 4) is 11.3 Å². The van der Waals surface area contributed by atoms with Crippen molar-refractivity contribution in [2.45, 2.75) is 43.4 Å². The van der Waals surface area contributed by atoms with Gasteiger partial charge in [0.15, 0.2) is 0 Å². The van der Waals surface area contributed by atoms with E-state index >= 15 is 0 Å². The molecule has 2 aromatic heterocycles. The van der Waals surface area contributed by atoms with Crippen molar-refractivity contribution < 1.29 is 31.5 Å². The molecule has 3 heterocycles. The fraction of sp³-hybridized carbons (Fsp3) is 0.360. The zero-order valence-corrected chi connectivity index (χ0v) is 19.4. The molecule has 7 nitrogen and oxygen atoms in total. The molecule has 0 spiro atoms. The van der Waals surface area contributed by atoms with Crippen molar-refractivity contribution in [1.29, 1.82) is 0 Å². The topological polar surface area (TPSA) is 80.1 Å². The predicted molar refractivity (Wildman–Crippen MR) is 124 cm³/mol. The largest absolute Gasteiger partial charge is 0.433 e. The lowest BCUT2D eigenvalue weighted by atomic mass is 9.88. The molecule has 0 bridgehead atoms. The van der Waals surface area contributed by atoms with Gasteiger partial charge in [-0.3, -0.25) is 19.3 Å². The zero-order chi connectivity index (χ0) is 26.5. The van der Waals surface area contributed by atoms with E-state index < -0.39 is 42.6 Å². The molecule has 12 heteroatoms. The number of pyridine rings is 1. The first-order chi connectivity index (χ1) is 17.5. The summed E-state index contributed by atoms with van der Waals surface area (Å²) in [6.45, 7) is 4.22. The minimum Gasteiger partial charge on any atom is -0.349 e. The summed E-state index contributed by atoms with van der Waals surface area (Å²) in [4.78, 5) is 30.4. The predicted octanol–water partition coefficient (Wildman–Crippen LogP) is 4.60. The number of para-hydroxylation sites is 1. The van der Waals surface area contributed by atoms with Crippen molar-refractivity contribution in [3.63, 3.8) is 0 Å². The van der Waals surface area contributed by atoms with Crippen LogP contribution >= 0.6 is 0 Å². The minimum absolute atomic E-state index is 0.194. The molecule has 37 heavy (non-hydrogen) atoms. The second kappa shape index (κ2) is 8.93. The summed E-state index contributed by atoms with van der Waals surface area (Å²) < 4.78 is 67.3. The third kappa shape index (κ3) is 4.67. The quantitative estimate of drug-likeness (QED) is 0.395. The average Bonchev–Trinajstić information content (AvgIpc) is 3.47. The maximum Gasteiger partial charge on any atom is 0.433 e. The summed E-state index contributed by atoms with van der Waals surface area (Å²) >= 11 is 0. The van der Waals surface area contributed by atoms with Gasteiger partial charge in [0.05, 0.1) is 17.1 Å². The van der Waals surface area contributed by atoms with Crippen LogP contribution in [-0.2, 0) is 11.0 Å². The van der Waals surface area contributed by atoms with E-state index in [1.807, 2.05) is 0 Å². The summed E-state index contributed by atoms with van der Waals surface area (Å²) in [7, 11) is 0. The molecule has 1 unspecified atom stereocenters. The average molecular weight is 519 g/mol. The van der Waals surface area contributed by atoms with E-state index in [-0.39, 0.29) is 24.1 Å². The van der Waals surface area contributed by atoms with Crippen LogP contribution in [0.2, 0.25) is 0 Å². The zero-order valence-electron chi connectivity index (χ0n) is 19.4. The fourth-order valence-electron chi connectivity index (χ4n) is 4.85. The molecule has 2 aliphatic rings. The number of carbonyl (C=O) groups is 2. The smallest absolute Gasteiger partial charge is 0.349 e. The number of hydrogen-bond acceptors (Lipinski definition) is 4. The lowest BCUT2D eigenvalue weighted by Gasteiger charge is -2.35. The van der Waals surface area contributed by atoms with Crippen LogP contribution in [0, 0.1) is 0 Å². The molecule has 5 rings (SSSR count). The standard InChI is InChI=1S/C25H22F5N5O2/c1-2-20(36)34-9-8-16(13-34)35-22-17(21(33-35)14-6-7-19(31-12-14)25(28,29)30)4-3-5-18(22)23(37)32-15-10-24(26,27)11-15/h2-7,12,15-16H,1,8-11,13H2,(H,32,37). The van der Waals surface area contributed by atoms with Gasteiger partial charge in [0.25, 0.3) is 11.8 Å². The number of rotatable bonds is 5. The number of halogens is 5. The van der Waals surface area contributed by atoms with Gasteiger partial charge in [-0.1, -0.05) is 18.7 Å². The van der Waals surface area contributed by atoms with Gasteiger partial charge in [-0.25, -0.2) is 8.78 Å². The third-order valence-corrected chi connectivity index (χ3v) is 6.72. The highest BCUT2D eigenvalue weighted by Crippen LogP contribution is 2.39. The van der Waals surface area contributed by atoms with E-state index in [1.54, 1.807) is 27.8 Å². The Morgan fingerprint density at radius 3 is 2.54 bits per heavy atom. The van der Waals surface area contributed by atoms with Crippen LogP contribution in [0.3, 0.4) is 0 Å². The van der Waals surface area contributed by atoms with Crippen molar-refractivity contribution in [2.24, 2.45) is 0 Å². The Morgan fingerprint density at radius 1 is 1.16 bits per heavy atom. The minimum atomic E-state index is -4.60. The van der Waals surface area contributed by atoms with Crippen LogP contribution in [0.5, 0.6) is 0 Å². The first kappa shape index (κ1) is 24.8. The van der Waals surface area contributed by atoms with Crippen molar-refractivity contribution >= 4 is 22.7 Å². The molecule has 1 N–H and O–H groups in total. The highest BCUT2D eigenvalue weighted by molar-refractivity contribution is 6.09. The summed E-state index contributed by atoms with van der Waals surface area (Å²) in [5, 5.41) is 7.78. The Morgan fingerprint density at radius 2 is 1.92 bits per heavy atom. The Labute approximate surface area is 208 Å². The van der Waals surface area contributed by atoms with Crippen LogP contribution < -0.4 is 5.32 Å². The van der Waals surface area contributed by atoms with Crippen LogP contribution in [0.25, 0.3) is 22.2 Å². The number of carbonyl (C=O) groups excluding carboxylic acids is 2. The number of hydrogen-bond donors (Lipinski definition) is 1. The van der Waals surface area contributed by atoms with Gasteiger partial charge in [0.1, 0.15) is 11.4 Å². The third-order valence-electron chi connectivity index (χ3n) is 6.72. The number of aromatic nitrogens is 3. The second-order valence-electron chi connectivity index (χ2n) is 9.29. The molecule has 1 atom stereocenters. The van der Waals surface area contributed by atoms with E-state index in [1.165, 1.54) is 12.1 Å². The maximum absolute atomic E-state index is 13.3. The highest BCUT2D eigenvalue weighted by Gasteiger charge is 2.46. The summed E-state index contributed by atoms with van der Waals surface area (Å²) in [5.41, 5.74) is 0.171. The number of likely N-dealkylation sites (tertiary alicyclic amines) is 1. The second-order valence-corrected chi connectivity index (χ2v) is 9.29. The number of amides is 2. The Bertz CT molecular complexity index is 1370. The van der Waals surface area contributed by atoms with E-state index in [0.29, 0.717) is 35.1 Å². The lowest BCUT2D eigenvalue weighted by molar-refractivity contribution is -0.141. The highest BCUT2D eigenvalue weighted by atomic mass is 19.4. The van der Waals surface area contributed by atoms with E-state index in [0.717, 1.165) is 12.3 Å². The van der Waals surface area contributed by atoms with E-state index in [9.17, 15) is 31.5 Å². The van der Waals surface area contributed by atoms with E-state index in [4.69, 9.17) is 0 Å². The first-order valence-corrected chi connectivity index (χ1v) is 11.6. The molecule has 2 amide bonds. The summed E-state index contributed by atoms with van der Waals surface area (Å²) in [5.74, 6) is -3.61. The SMILES string of the molecule is C=CC(=O)N1CCC(n2nc(-c3ccc(C(F)(F)F)nc3)c3cccc(C(=O)NC4CC(F)(F)C4)c32)C1. The molecule has 194 valence electrons. The van der Waals surface area contributed by atoms with Crippen LogP contribution in [0.1, 0.15) is 41.4 Å². The molecule has 2 fully saturated rings. The van der Waals surface area contributed by atoms with E-state index in [2.05, 4.69) is 22.0 Å². The molecule has 0 radical (unpaired) electrons. The summed E-state index contributed by atoms with van der Waals surface area (Å²) in [6.07, 6.45) is -2.70. The van der Waals surface area contributed by atoms with Gasteiger partial charge < -0.3 is 10.2 Å². The molecular formula is C25H22F5N5O2.